The van der Waals surface area contributed by atoms with E-state index >= 15 is 0 Å². The molecule has 44 heavy (non-hydrogen) atoms. The molecule has 2 nitrogen and oxygen atoms in total. The molecular formula is C42H28N2. The SMILES string of the molecule is c1ccc(-c2ccc(-n3c4ccc5c6ccccc6n(-c6ccccc6)c5c4c4cccc(-c5ccccc5)c43)cc2)cc1. The van der Waals surface area contributed by atoms with Crippen LogP contribution in [0.2, 0.25) is 0 Å². The molecule has 0 saturated heterocycles. The average Bonchev–Trinajstić information content (AvgIpc) is 3.62. The summed E-state index contributed by atoms with van der Waals surface area (Å²) in [5, 5.41) is 5.04. The molecule has 206 valence electrons. The summed E-state index contributed by atoms with van der Waals surface area (Å²) >= 11 is 0. The van der Waals surface area contributed by atoms with Gasteiger partial charge in [-0.15, -0.1) is 0 Å². The Bertz CT molecular complexity index is 2450. The maximum atomic E-state index is 2.47. The molecule has 9 aromatic rings. The Kier molecular flexibility index (Phi) is 5.54. The highest BCUT2D eigenvalue weighted by atomic mass is 15.0. The lowest BCUT2D eigenvalue weighted by molar-refractivity contribution is 1.17. The summed E-state index contributed by atoms with van der Waals surface area (Å²) in [4.78, 5) is 0. The van der Waals surface area contributed by atoms with Crippen LogP contribution < -0.4 is 0 Å². The minimum Gasteiger partial charge on any atom is -0.309 e. The van der Waals surface area contributed by atoms with Crippen molar-refractivity contribution in [2.75, 3.05) is 0 Å². The van der Waals surface area contributed by atoms with Gasteiger partial charge in [-0.25, -0.2) is 0 Å². The largest absolute Gasteiger partial charge is 0.309 e. The molecule has 0 atom stereocenters. The number of fused-ring (bicyclic) bond motifs is 7. The van der Waals surface area contributed by atoms with Crippen molar-refractivity contribution in [3.8, 4) is 33.6 Å². The first-order valence-corrected chi connectivity index (χ1v) is 15.1. The Morgan fingerprint density at radius 1 is 0.295 bits per heavy atom. The second-order valence-electron chi connectivity index (χ2n) is 11.4. The van der Waals surface area contributed by atoms with Gasteiger partial charge in [-0.3, -0.25) is 0 Å². The van der Waals surface area contributed by atoms with Crippen LogP contribution in [-0.2, 0) is 0 Å². The molecule has 0 N–H and O–H groups in total. The van der Waals surface area contributed by atoms with Gasteiger partial charge in [0.05, 0.1) is 22.1 Å². The minimum absolute atomic E-state index is 1.15. The van der Waals surface area contributed by atoms with Gasteiger partial charge in [-0.2, -0.15) is 0 Å². The number of para-hydroxylation sites is 3. The number of aromatic nitrogens is 2. The molecule has 0 aliphatic rings. The Labute approximate surface area is 255 Å². The van der Waals surface area contributed by atoms with Gasteiger partial charge in [-0.05, 0) is 53.1 Å². The molecule has 0 unspecified atom stereocenters. The third kappa shape index (κ3) is 3.68. The number of rotatable bonds is 4. The lowest BCUT2D eigenvalue weighted by atomic mass is 10.0. The zero-order valence-electron chi connectivity index (χ0n) is 24.1. The van der Waals surface area contributed by atoms with E-state index in [1.54, 1.807) is 0 Å². The van der Waals surface area contributed by atoms with Crippen LogP contribution in [0.15, 0.2) is 170 Å². The molecule has 0 radical (unpaired) electrons. The quantitative estimate of drug-likeness (QED) is 0.203. The van der Waals surface area contributed by atoms with Gasteiger partial charge in [0.1, 0.15) is 0 Å². The first-order valence-electron chi connectivity index (χ1n) is 15.1. The summed E-state index contributed by atoms with van der Waals surface area (Å²) in [7, 11) is 0. The van der Waals surface area contributed by atoms with Crippen LogP contribution in [0.3, 0.4) is 0 Å². The van der Waals surface area contributed by atoms with E-state index in [0.29, 0.717) is 0 Å². The number of hydrogen-bond donors (Lipinski definition) is 0. The summed E-state index contributed by atoms with van der Waals surface area (Å²) in [5.41, 5.74) is 12.1. The fourth-order valence-electron chi connectivity index (χ4n) is 7.00. The Balaban J connectivity index is 1.44. The second-order valence-corrected chi connectivity index (χ2v) is 11.4. The Hall–Kier alpha value is -5.86. The standard InChI is InChI=1S/C42H28N2/c1-4-13-29(14-5-1)30-23-25-33(26-24-30)44-39-28-27-36-35-19-10-11-22-38(35)43(32-17-8-3-9-18-32)42(36)40(39)37-21-12-20-34(41(37)44)31-15-6-2-7-16-31/h1-28H. The van der Waals surface area contributed by atoms with Crippen molar-refractivity contribution in [1.29, 1.82) is 0 Å². The molecule has 2 heteroatoms. The van der Waals surface area contributed by atoms with Crippen molar-refractivity contribution in [3.63, 3.8) is 0 Å². The smallest absolute Gasteiger partial charge is 0.0641 e. The van der Waals surface area contributed by atoms with Gasteiger partial charge >= 0.3 is 0 Å². The summed E-state index contributed by atoms with van der Waals surface area (Å²) in [6, 6.07) is 61.3. The van der Waals surface area contributed by atoms with Crippen molar-refractivity contribution in [3.05, 3.63) is 170 Å². The van der Waals surface area contributed by atoms with E-state index in [9.17, 15) is 0 Å². The van der Waals surface area contributed by atoms with E-state index in [-0.39, 0.29) is 0 Å². The van der Waals surface area contributed by atoms with E-state index in [2.05, 4.69) is 179 Å². The van der Waals surface area contributed by atoms with E-state index in [0.717, 1.165) is 5.69 Å². The molecule has 0 spiro atoms. The van der Waals surface area contributed by atoms with Gasteiger partial charge in [0.15, 0.2) is 0 Å². The van der Waals surface area contributed by atoms with E-state index in [4.69, 9.17) is 0 Å². The van der Waals surface area contributed by atoms with Gasteiger partial charge in [0.2, 0.25) is 0 Å². The lowest BCUT2D eigenvalue weighted by Gasteiger charge is -2.13. The molecule has 0 aliphatic heterocycles. The van der Waals surface area contributed by atoms with Crippen molar-refractivity contribution >= 4 is 43.6 Å². The average molecular weight is 561 g/mol. The number of benzene rings is 7. The molecular weight excluding hydrogens is 532 g/mol. The van der Waals surface area contributed by atoms with Crippen LogP contribution in [-0.4, -0.2) is 9.13 Å². The summed E-state index contributed by atoms with van der Waals surface area (Å²) in [6.45, 7) is 0. The zero-order chi connectivity index (χ0) is 29.0. The third-order valence-electron chi connectivity index (χ3n) is 8.92. The topological polar surface area (TPSA) is 9.86 Å². The van der Waals surface area contributed by atoms with Gasteiger partial charge in [-0.1, -0.05) is 133 Å². The number of hydrogen-bond acceptors (Lipinski definition) is 0. The first kappa shape index (κ1) is 24.7. The van der Waals surface area contributed by atoms with Crippen molar-refractivity contribution < 1.29 is 0 Å². The predicted octanol–water partition coefficient (Wildman–Crippen LogP) is 11.2. The Morgan fingerprint density at radius 2 is 0.864 bits per heavy atom. The molecule has 2 aromatic heterocycles. The maximum absolute atomic E-state index is 2.47. The molecule has 0 aliphatic carbocycles. The van der Waals surface area contributed by atoms with Crippen molar-refractivity contribution in [2.24, 2.45) is 0 Å². The molecule has 7 aromatic carbocycles. The van der Waals surface area contributed by atoms with Gasteiger partial charge < -0.3 is 9.13 Å². The van der Waals surface area contributed by atoms with E-state index in [1.165, 1.54) is 71.6 Å². The highest BCUT2D eigenvalue weighted by molar-refractivity contribution is 6.27. The number of nitrogens with zero attached hydrogens (tertiary/aromatic N) is 2. The normalized spacial score (nSPS) is 11.6. The second kappa shape index (κ2) is 9.86. The van der Waals surface area contributed by atoms with Gasteiger partial charge in [0.25, 0.3) is 0 Å². The molecule has 0 amide bonds. The highest BCUT2D eigenvalue weighted by Gasteiger charge is 2.22. The van der Waals surface area contributed by atoms with E-state index < -0.39 is 0 Å². The van der Waals surface area contributed by atoms with E-state index in [1.807, 2.05) is 0 Å². The zero-order valence-corrected chi connectivity index (χ0v) is 24.1. The third-order valence-corrected chi connectivity index (χ3v) is 8.92. The van der Waals surface area contributed by atoms with Crippen LogP contribution in [0, 0.1) is 0 Å². The summed E-state index contributed by atoms with van der Waals surface area (Å²) in [6.07, 6.45) is 0. The maximum Gasteiger partial charge on any atom is 0.0641 e. The Morgan fingerprint density at radius 3 is 1.61 bits per heavy atom. The highest BCUT2D eigenvalue weighted by Crippen LogP contribution is 2.44. The summed E-state index contributed by atoms with van der Waals surface area (Å²) < 4.78 is 4.92. The van der Waals surface area contributed by atoms with Crippen LogP contribution in [0.4, 0.5) is 0 Å². The molecule has 0 saturated carbocycles. The van der Waals surface area contributed by atoms with Gasteiger partial charge in [0, 0.05) is 38.5 Å². The van der Waals surface area contributed by atoms with Crippen LogP contribution >= 0.6 is 0 Å². The summed E-state index contributed by atoms with van der Waals surface area (Å²) in [5.74, 6) is 0. The van der Waals surface area contributed by atoms with Crippen molar-refractivity contribution in [2.45, 2.75) is 0 Å². The predicted molar refractivity (Wildman–Crippen MR) is 186 cm³/mol. The van der Waals surface area contributed by atoms with Crippen molar-refractivity contribution in [1.82, 2.24) is 9.13 Å². The fourth-order valence-corrected chi connectivity index (χ4v) is 7.00. The van der Waals surface area contributed by atoms with Crippen LogP contribution in [0.5, 0.6) is 0 Å². The van der Waals surface area contributed by atoms with Crippen LogP contribution in [0.1, 0.15) is 0 Å². The minimum atomic E-state index is 1.15. The van der Waals surface area contributed by atoms with Crippen LogP contribution in [0.25, 0.3) is 77.2 Å². The molecule has 2 heterocycles. The fraction of sp³-hybridized carbons (Fsp3) is 0. The molecule has 9 rings (SSSR count). The first-order chi connectivity index (χ1) is 21.9. The molecule has 0 bridgehead atoms. The monoisotopic (exact) mass is 560 g/mol. The molecule has 0 fully saturated rings. The lowest BCUT2D eigenvalue weighted by Crippen LogP contribution is -1.96.